The quantitative estimate of drug-likeness (QED) is 0.795. The highest BCUT2D eigenvalue weighted by Crippen LogP contribution is 2.34. The van der Waals surface area contributed by atoms with Gasteiger partial charge in [-0.3, -0.25) is 9.59 Å². The molecule has 1 fully saturated rings. The predicted molar refractivity (Wildman–Crippen MR) is 90.7 cm³/mol. The Morgan fingerprint density at radius 1 is 1.36 bits per heavy atom. The van der Waals surface area contributed by atoms with Crippen LogP contribution in [-0.4, -0.2) is 35.0 Å². The average molecular weight is 311 g/mol. The molecule has 1 aliphatic rings. The number of nitrogens with zero attached hydrogens (tertiary/aromatic N) is 1. The summed E-state index contributed by atoms with van der Waals surface area (Å²) in [6, 6.07) is 0. The van der Waals surface area contributed by atoms with Crippen molar-refractivity contribution in [2.24, 2.45) is 10.8 Å². The van der Waals surface area contributed by atoms with Crippen LogP contribution in [0.2, 0.25) is 0 Å². The molecule has 128 valence electrons. The zero-order chi connectivity index (χ0) is 17.4. The zero-order valence-electron chi connectivity index (χ0n) is 14.9. The third kappa shape index (κ3) is 7.10. The van der Waals surface area contributed by atoms with Gasteiger partial charge in [-0.2, -0.15) is 0 Å². The van der Waals surface area contributed by atoms with Gasteiger partial charge < -0.3 is 10.0 Å². The monoisotopic (exact) mass is 311 g/mol. The molecule has 1 unspecified atom stereocenters. The second kappa shape index (κ2) is 8.96. The van der Waals surface area contributed by atoms with Crippen LogP contribution in [0.25, 0.3) is 0 Å². The Hall–Kier alpha value is -1.32. The van der Waals surface area contributed by atoms with E-state index in [1.165, 1.54) is 19.8 Å². The lowest BCUT2D eigenvalue weighted by atomic mass is 9.77. The molecule has 4 heteroatoms. The van der Waals surface area contributed by atoms with Gasteiger partial charge in [0, 0.05) is 20.0 Å². The number of hydrogen-bond acceptors (Lipinski definition) is 2. The summed E-state index contributed by atoms with van der Waals surface area (Å²) in [5, 5.41) is 9.23. The molecule has 1 N–H and O–H groups in total. The Morgan fingerprint density at radius 3 is 2.27 bits per heavy atom. The van der Waals surface area contributed by atoms with E-state index in [9.17, 15) is 14.7 Å². The Bertz CT molecular complexity index is 384. The molecule has 1 rings (SSSR count). The molecule has 0 radical (unpaired) electrons. The van der Waals surface area contributed by atoms with Gasteiger partial charge in [0.15, 0.2) is 0 Å². The van der Waals surface area contributed by atoms with Crippen molar-refractivity contribution >= 4 is 11.9 Å². The van der Waals surface area contributed by atoms with Gasteiger partial charge in [-0.1, -0.05) is 40.2 Å². The van der Waals surface area contributed by atoms with Crippen molar-refractivity contribution in [1.29, 1.82) is 0 Å². The lowest BCUT2D eigenvalue weighted by molar-refractivity contribution is -0.154. The van der Waals surface area contributed by atoms with Crippen LogP contribution < -0.4 is 0 Å². The summed E-state index contributed by atoms with van der Waals surface area (Å²) in [5.74, 6) is -0.877. The highest BCUT2D eigenvalue weighted by molar-refractivity contribution is 5.78. The lowest BCUT2D eigenvalue weighted by Gasteiger charge is -2.39. The number of carbonyl (C=O) groups excluding carboxylic acids is 1. The van der Waals surface area contributed by atoms with E-state index in [-0.39, 0.29) is 5.91 Å². The molecule has 0 aromatic heterocycles. The van der Waals surface area contributed by atoms with Crippen molar-refractivity contribution in [2.45, 2.75) is 66.7 Å². The Morgan fingerprint density at radius 2 is 1.95 bits per heavy atom. The Balaban J connectivity index is 0.000000534. The summed E-state index contributed by atoms with van der Waals surface area (Å²) in [4.78, 5) is 24.1. The molecule has 0 aromatic rings. The summed E-state index contributed by atoms with van der Waals surface area (Å²) in [6.07, 6.45) is 6.07. The van der Waals surface area contributed by atoms with E-state index in [0.29, 0.717) is 31.3 Å². The molecule has 1 atom stereocenters. The normalized spacial score (nSPS) is 21.6. The number of carbonyl (C=O) groups is 2. The first-order chi connectivity index (χ1) is 10.1. The smallest absolute Gasteiger partial charge is 0.311 e. The first-order valence-electron chi connectivity index (χ1n) is 8.18. The first-order valence-corrected chi connectivity index (χ1v) is 8.18. The van der Waals surface area contributed by atoms with Gasteiger partial charge in [-0.05, 0) is 31.1 Å². The molecule has 0 aliphatic carbocycles. The van der Waals surface area contributed by atoms with Crippen LogP contribution in [0.5, 0.6) is 0 Å². The summed E-state index contributed by atoms with van der Waals surface area (Å²) >= 11 is 0. The number of rotatable bonds is 4. The molecule has 0 spiro atoms. The van der Waals surface area contributed by atoms with Gasteiger partial charge >= 0.3 is 5.97 Å². The molecule has 1 amide bonds. The first kappa shape index (κ1) is 20.7. The Kier molecular flexibility index (Phi) is 8.43. The number of carboxylic acid groups (broad SMARTS) is 1. The highest BCUT2D eigenvalue weighted by Gasteiger charge is 2.41. The molecular weight excluding hydrogens is 278 g/mol. The fourth-order valence-electron chi connectivity index (χ4n) is 2.86. The fourth-order valence-corrected chi connectivity index (χ4v) is 2.86. The number of likely N-dealkylation sites (tertiary alicyclic amines) is 1. The number of hydrogen-bond donors (Lipinski definition) is 1. The molecule has 4 nitrogen and oxygen atoms in total. The van der Waals surface area contributed by atoms with E-state index in [1.54, 1.807) is 11.0 Å². The minimum absolute atomic E-state index is 0.0515. The maximum atomic E-state index is 11.2. The number of carboxylic acids is 1. The molecule has 1 aliphatic heterocycles. The molecule has 0 saturated carbocycles. The Labute approximate surface area is 135 Å². The summed E-state index contributed by atoms with van der Waals surface area (Å²) in [5.41, 5.74) is -0.263. The summed E-state index contributed by atoms with van der Waals surface area (Å²) in [7, 11) is 0. The predicted octanol–water partition coefficient (Wildman–Crippen LogP) is 4.11. The van der Waals surface area contributed by atoms with Gasteiger partial charge in [0.1, 0.15) is 0 Å². The van der Waals surface area contributed by atoms with Gasteiger partial charge in [0.05, 0.1) is 5.41 Å². The SMILES string of the molecule is C=CCC1(C(=O)O)CCCN(C(C)=O)C1.CCCC(C)(C)C. The highest BCUT2D eigenvalue weighted by atomic mass is 16.4. The third-order valence-corrected chi connectivity index (χ3v) is 4.01. The van der Waals surface area contributed by atoms with Crippen molar-refractivity contribution in [2.75, 3.05) is 13.1 Å². The van der Waals surface area contributed by atoms with Gasteiger partial charge in [-0.15, -0.1) is 6.58 Å². The molecule has 0 aromatic carbocycles. The van der Waals surface area contributed by atoms with E-state index in [2.05, 4.69) is 34.3 Å². The minimum atomic E-state index is -0.826. The van der Waals surface area contributed by atoms with Crippen molar-refractivity contribution in [1.82, 2.24) is 4.90 Å². The number of amides is 1. The van der Waals surface area contributed by atoms with Gasteiger partial charge in [-0.25, -0.2) is 0 Å². The van der Waals surface area contributed by atoms with E-state index in [1.807, 2.05) is 0 Å². The fraction of sp³-hybridized carbons (Fsp3) is 0.778. The van der Waals surface area contributed by atoms with E-state index in [0.717, 1.165) is 6.42 Å². The van der Waals surface area contributed by atoms with Gasteiger partial charge in [0.2, 0.25) is 5.91 Å². The van der Waals surface area contributed by atoms with Crippen LogP contribution in [-0.2, 0) is 9.59 Å². The maximum absolute atomic E-state index is 11.2. The number of allylic oxidation sites excluding steroid dienone is 1. The van der Waals surface area contributed by atoms with Crippen molar-refractivity contribution in [3.05, 3.63) is 12.7 Å². The van der Waals surface area contributed by atoms with Gasteiger partial charge in [0.25, 0.3) is 0 Å². The lowest BCUT2D eigenvalue weighted by Crippen LogP contribution is -2.49. The second-order valence-corrected chi connectivity index (χ2v) is 7.43. The number of aliphatic carboxylic acids is 1. The van der Waals surface area contributed by atoms with Crippen molar-refractivity contribution < 1.29 is 14.7 Å². The topological polar surface area (TPSA) is 57.6 Å². The van der Waals surface area contributed by atoms with E-state index >= 15 is 0 Å². The second-order valence-electron chi connectivity index (χ2n) is 7.43. The molecule has 1 saturated heterocycles. The third-order valence-electron chi connectivity index (χ3n) is 4.01. The standard InChI is InChI=1S/C11H17NO3.C7H16/c1-3-5-11(10(14)15)6-4-7-12(8-11)9(2)13;1-5-6-7(2,3)4/h3H,1,4-8H2,2H3,(H,14,15);5-6H2,1-4H3. The molecule has 22 heavy (non-hydrogen) atoms. The van der Waals surface area contributed by atoms with Crippen LogP contribution in [0.3, 0.4) is 0 Å². The summed E-state index contributed by atoms with van der Waals surface area (Å²) in [6.45, 7) is 15.1. The van der Waals surface area contributed by atoms with Crippen LogP contribution in [0.4, 0.5) is 0 Å². The van der Waals surface area contributed by atoms with Crippen molar-refractivity contribution in [3.63, 3.8) is 0 Å². The number of piperidine rings is 1. The average Bonchev–Trinajstić information content (AvgIpc) is 2.38. The van der Waals surface area contributed by atoms with Crippen LogP contribution in [0.15, 0.2) is 12.7 Å². The zero-order valence-corrected chi connectivity index (χ0v) is 14.9. The summed E-state index contributed by atoms with van der Waals surface area (Å²) < 4.78 is 0. The molecular formula is C18H33NO3. The van der Waals surface area contributed by atoms with Crippen LogP contribution in [0.1, 0.15) is 66.7 Å². The van der Waals surface area contributed by atoms with E-state index < -0.39 is 11.4 Å². The maximum Gasteiger partial charge on any atom is 0.311 e. The molecule has 1 heterocycles. The molecule has 0 bridgehead atoms. The van der Waals surface area contributed by atoms with E-state index in [4.69, 9.17) is 0 Å². The largest absolute Gasteiger partial charge is 0.481 e. The van der Waals surface area contributed by atoms with Crippen LogP contribution >= 0.6 is 0 Å². The minimum Gasteiger partial charge on any atom is -0.481 e. The van der Waals surface area contributed by atoms with Crippen LogP contribution in [0, 0.1) is 10.8 Å². The van der Waals surface area contributed by atoms with Crippen molar-refractivity contribution in [3.8, 4) is 0 Å².